The first kappa shape index (κ1) is 17.6. The van der Waals surface area contributed by atoms with Crippen molar-refractivity contribution in [3.05, 3.63) is 69.3 Å². The number of non-ortho nitro benzene ring substituents is 1. The zero-order valence-corrected chi connectivity index (χ0v) is 13.0. The van der Waals surface area contributed by atoms with E-state index in [1.807, 2.05) is 0 Å². The highest BCUT2D eigenvalue weighted by atomic mass is 16.6. The molecule has 0 spiro atoms. The number of hydrogen-bond donors (Lipinski definition) is 2. The number of methoxy groups -OCH3 is 1. The predicted octanol–water partition coefficient (Wildman–Crippen LogP) is 2.07. The van der Waals surface area contributed by atoms with Gasteiger partial charge in [0.25, 0.3) is 11.6 Å². The zero-order chi connectivity index (χ0) is 18.4. The molecule has 9 heteroatoms. The highest BCUT2D eigenvalue weighted by Gasteiger charge is 2.11. The predicted molar refractivity (Wildman–Crippen MR) is 88.1 cm³/mol. The second kappa shape index (κ2) is 7.68. The topological polar surface area (TPSA) is 131 Å². The Balaban J connectivity index is 2.07. The van der Waals surface area contributed by atoms with Crippen LogP contribution in [0.15, 0.2) is 47.6 Å². The molecule has 0 unspecified atom stereocenters. The van der Waals surface area contributed by atoms with Gasteiger partial charge >= 0.3 is 5.97 Å². The molecular formula is C16H13N3O6. The van der Waals surface area contributed by atoms with Crippen LogP contribution in [0.2, 0.25) is 0 Å². The van der Waals surface area contributed by atoms with Crippen LogP contribution in [-0.4, -0.2) is 35.2 Å². The van der Waals surface area contributed by atoms with Crippen LogP contribution in [0.25, 0.3) is 0 Å². The number of carboxylic acid groups (broad SMARTS) is 1. The molecule has 0 atom stereocenters. The molecule has 0 heterocycles. The van der Waals surface area contributed by atoms with Crippen LogP contribution >= 0.6 is 0 Å². The Morgan fingerprint density at radius 1 is 1.24 bits per heavy atom. The number of nitro benzene ring substituents is 1. The Labute approximate surface area is 141 Å². The molecule has 0 bridgehead atoms. The van der Waals surface area contributed by atoms with Gasteiger partial charge in [-0.05, 0) is 35.9 Å². The van der Waals surface area contributed by atoms with Crippen molar-refractivity contribution in [2.75, 3.05) is 7.11 Å². The van der Waals surface area contributed by atoms with Gasteiger partial charge in [0.1, 0.15) is 11.3 Å². The summed E-state index contributed by atoms with van der Waals surface area (Å²) < 4.78 is 4.95. The Morgan fingerprint density at radius 3 is 2.48 bits per heavy atom. The van der Waals surface area contributed by atoms with Crippen molar-refractivity contribution in [3.8, 4) is 5.75 Å². The van der Waals surface area contributed by atoms with Crippen molar-refractivity contribution < 1.29 is 24.4 Å². The Kier molecular flexibility index (Phi) is 5.41. The molecule has 0 aliphatic carbocycles. The van der Waals surface area contributed by atoms with Gasteiger partial charge in [-0.1, -0.05) is 0 Å². The summed E-state index contributed by atoms with van der Waals surface area (Å²) in [7, 11) is 1.36. The van der Waals surface area contributed by atoms with Crippen LogP contribution in [0, 0.1) is 10.1 Å². The summed E-state index contributed by atoms with van der Waals surface area (Å²) >= 11 is 0. The molecule has 0 aromatic heterocycles. The summed E-state index contributed by atoms with van der Waals surface area (Å²) in [6.07, 6.45) is 1.27. The van der Waals surface area contributed by atoms with E-state index < -0.39 is 16.8 Å². The molecule has 128 valence electrons. The van der Waals surface area contributed by atoms with Gasteiger partial charge in [-0.2, -0.15) is 5.10 Å². The Hall–Kier alpha value is -3.75. The molecule has 2 N–H and O–H groups in total. The van der Waals surface area contributed by atoms with Crippen molar-refractivity contribution in [1.82, 2.24) is 5.43 Å². The Bertz CT molecular complexity index is 845. The molecule has 2 aromatic rings. The van der Waals surface area contributed by atoms with E-state index in [1.165, 1.54) is 49.7 Å². The van der Waals surface area contributed by atoms with Gasteiger partial charge in [0.05, 0.1) is 18.2 Å². The highest BCUT2D eigenvalue weighted by molar-refractivity contribution is 5.96. The molecule has 2 rings (SSSR count). The van der Waals surface area contributed by atoms with Gasteiger partial charge < -0.3 is 9.84 Å². The number of amides is 1. The number of carboxylic acids is 1. The minimum absolute atomic E-state index is 0.0341. The first-order valence-electron chi connectivity index (χ1n) is 6.91. The lowest BCUT2D eigenvalue weighted by atomic mass is 10.1. The molecule has 9 nitrogen and oxygen atoms in total. The van der Waals surface area contributed by atoms with Crippen molar-refractivity contribution in [3.63, 3.8) is 0 Å². The molecule has 0 fully saturated rings. The molecular weight excluding hydrogens is 330 g/mol. The normalized spacial score (nSPS) is 10.4. The van der Waals surface area contributed by atoms with Crippen LogP contribution in [0.3, 0.4) is 0 Å². The van der Waals surface area contributed by atoms with Gasteiger partial charge in [0.15, 0.2) is 0 Å². The molecule has 0 saturated heterocycles. The average molecular weight is 343 g/mol. The number of hydrazone groups is 1. The van der Waals surface area contributed by atoms with E-state index in [-0.39, 0.29) is 22.6 Å². The maximum Gasteiger partial charge on any atom is 0.339 e. The minimum Gasteiger partial charge on any atom is -0.496 e. The minimum atomic E-state index is -1.15. The first-order valence-corrected chi connectivity index (χ1v) is 6.91. The van der Waals surface area contributed by atoms with E-state index in [2.05, 4.69) is 10.5 Å². The fourth-order valence-corrected chi connectivity index (χ4v) is 1.94. The van der Waals surface area contributed by atoms with Gasteiger partial charge in [-0.15, -0.1) is 0 Å². The van der Waals surface area contributed by atoms with Gasteiger partial charge in [-0.3, -0.25) is 14.9 Å². The SMILES string of the molecule is COc1ccc(/C=N/NC(=O)c2ccc([N+](=O)[O-])cc2)cc1C(=O)O. The van der Waals surface area contributed by atoms with E-state index >= 15 is 0 Å². The van der Waals surface area contributed by atoms with Crippen molar-refractivity contribution in [2.24, 2.45) is 5.10 Å². The van der Waals surface area contributed by atoms with E-state index in [9.17, 15) is 19.7 Å². The number of rotatable bonds is 6. The van der Waals surface area contributed by atoms with Crippen LogP contribution in [0.1, 0.15) is 26.3 Å². The van der Waals surface area contributed by atoms with Gasteiger partial charge in [-0.25, -0.2) is 10.2 Å². The van der Waals surface area contributed by atoms with Crippen LogP contribution < -0.4 is 10.2 Å². The van der Waals surface area contributed by atoms with E-state index in [1.54, 1.807) is 6.07 Å². The lowest BCUT2D eigenvalue weighted by Gasteiger charge is -2.05. The first-order chi connectivity index (χ1) is 11.9. The summed E-state index contributed by atoms with van der Waals surface area (Å²) in [6, 6.07) is 9.43. The highest BCUT2D eigenvalue weighted by Crippen LogP contribution is 2.19. The van der Waals surface area contributed by atoms with Crippen LogP contribution in [0.5, 0.6) is 5.75 Å². The number of carbonyl (C=O) groups excluding carboxylic acids is 1. The van der Waals surface area contributed by atoms with E-state index in [0.29, 0.717) is 5.56 Å². The monoisotopic (exact) mass is 343 g/mol. The Morgan fingerprint density at radius 2 is 1.92 bits per heavy atom. The quantitative estimate of drug-likeness (QED) is 0.469. The fraction of sp³-hybridized carbons (Fsp3) is 0.0625. The number of hydrogen-bond acceptors (Lipinski definition) is 6. The number of aromatic carboxylic acids is 1. The maximum atomic E-state index is 11.9. The van der Waals surface area contributed by atoms with Crippen molar-refractivity contribution in [2.45, 2.75) is 0 Å². The van der Waals surface area contributed by atoms with Crippen LogP contribution in [-0.2, 0) is 0 Å². The maximum absolute atomic E-state index is 11.9. The smallest absolute Gasteiger partial charge is 0.339 e. The molecule has 1 amide bonds. The summed E-state index contributed by atoms with van der Waals surface area (Å²) in [4.78, 5) is 33.0. The van der Waals surface area contributed by atoms with Crippen molar-refractivity contribution >= 4 is 23.8 Å². The zero-order valence-electron chi connectivity index (χ0n) is 13.0. The molecule has 0 aliphatic rings. The van der Waals surface area contributed by atoms with E-state index in [0.717, 1.165) is 0 Å². The van der Waals surface area contributed by atoms with Crippen LogP contribution in [0.4, 0.5) is 5.69 Å². The number of nitrogens with one attached hydrogen (secondary N) is 1. The fourth-order valence-electron chi connectivity index (χ4n) is 1.94. The van der Waals surface area contributed by atoms with Gasteiger partial charge in [0.2, 0.25) is 0 Å². The lowest BCUT2D eigenvalue weighted by molar-refractivity contribution is -0.384. The second-order valence-corrected chi connectivity index (χ2v) is 4.77. The third kappa shape index (κ3) is 4.38. The largest absolute Gasteiger partial charge is 0.496 e. The third-order valence-corrected chi connectivity index (χ3v) is 3.17. The second-order valence-electron chi connectivity index (χ2n) is 4.77. The molecule has 2 aromatic carbocycles. The summed E-state index contributed by atoms with van der Waals surface area (Å²) in [5.74, 6) is -1.50. The van der Waals surface area contributed by atoms with E-state index in [4.69, 9.17) is 9.84 Å². The molecule has 0 aliphatic heterocycles. The standard InChI is InChI=1S/C16H13N3O6/c1-25-14-7-2-10(8-13(14)16(21)22)9-17-18-15(20)11-3-5-12(6-4-11)19(23)24/h2-9H,1H3,(H,18,20)(H,21,22)/b17-9+. The number of carbonyl (C=O) groups is 2. The number of benzene rings is 2. The lowest BCUT2D eigenvalue weighted by Crippen LogP contribution is -2.17. The summed E-state index contributed by atoms with van der Waals surface area (Å²) in [5, 5.41) is 23.4. The number of ether oxygens (including phenoxy) is 1. The number of nitrogens with zero attached hydrogens (tertiary/aromatic N) is 2. The average Bonchev–Trinajstić information content (AvgIpc) is 2.61. The molecule has 0 radical (unpaired) electrons. The summed E-state index contributed by atoms with van der Waals surface area (Å²) in [6.45, 7) is 0. The van der Waals surface area contributed by atoms with Crippen molar-refractivity contribution in [1.29, 1.82) is 0 Å². The van der Waals surface area contributed by atoms with Gasteiger partial charge in [0, 0.05) is 17.7 Å². The summed E-state index contributed by atoms with van der Waals surface area (Å²) in [5.41, 5.74) is 2.74. The molecule has 0 saturated carbocycles. The molecule has 25 heavy (non-hydrogen) atoms. The third-order valence-electron chi connectivity index (χ3n) is 3.17. The number of nitro groups is 1.